The normalized spacial score (nSPS) is 19.0. The van der Waals surface area contributed by atoms with E-state index in [4.69, 9.17) is 4.74 Å². The van der Waals surface area contributed by atoms with Gasteiger partial charge in [-0.25, -0.2) is 8.42 Å². The maximum absolute atomic E-state index is 11.3. The molecule has 1 aromatic carbocycles. The predicted molar refractivity (Wildman–Crippen MR) is 112 cm³/mol. The number of guanidine groups is 1. The molecule has 8 heteroatoms. The van der Waals surface area contributed by atoms with Crippen LogP contribution in [0.1, 0.15) is 19.8 Å². The Bertz CT molecular complexity index is 736. The van der Waals surface area contributed by atoms with Crippen molar-refractivity contribution in [1.29, 1.82) is 0 Å². The van der Waals surface area contributed by atoms with Crippen LogP contribution in [0.25, 0.3) is 0 Å². The first-order chi connectivity index (χ1) is 12.8. The molecule has 0 radical (unpaired) electrons. The topological polar surface area (TPSA) is 83.0 Å². The molecule has 1 fully saturated rings. The van der Waals surface area contributed by atoms with Gasteiger partial charge in [0, 0.05) is 50.7 Å². The Labute approximate surface area is 163 Å². The van der Waals surface area contributed by atoms with Crippen molar-refractivity contribution in [1.82, 2.24) is 10.6 Å². The van der Waals surface area contributed by atoms with E-state index in [2.05, 4.69) is 32.7 Å². The molecule has 1 aromatic rings. The molecular formula is C19H32N4O3S. The van der Waals surface area contributed by atoms with Crippen LogP contribution in [-0.2, 0) is 9.84 Å². The van der Waals surface area contributed by atoms with E-state index in [1.54, 1.807) is 14.2 Å². The first kappa shape index (κ1) is 21.3. The zero-order chi connectivity index (χ0) is 19.9. The smallest absolute Gasteiger partial charge is 0.191 e. The lowest BCUT2D eigenvalue weighted by Crippen LogP contribution is -2.44. The lowest BCUT2D eigenvalue weighted by molar-refractivity contribution is 0.415. The number of anilines is 1. The van der Waals surface area contributed by atoms with Crippen LogP contribution in [0.3, 0.4) is 0 Å². The lowest BCUT2D eigenvalue weighted by atomic mass is 10.1. The molecule has 2 rings (SSSR count). The lowest BCUT2D eigenvalue weighted by Gasteiger charge is -2.21. The molecule has 0 aromatic heterocycles. The van der Waals surface area contributed by atoms with Gasteiger partial charge in [0.2, 0.25) is 0 Å². The van der Waals surface area contributed by atoms with E-state index in [0.29, 0.717) is 12.3 Å². The molecular weight excluding hydrogens is 364 g/mol. The van der Waals surface area contributed by atoms with Crippen LogP contribution in [0.4, 0.5) is 5.69 Å². The fourth-order valence-corrected chi connectivity index (χ4v) is 3.95. The fourth-order valence-electron chi connectivity index (χ4n) is 3.17. The number of hydrogen-bond donors (Lipinski definition) is 2. The Kier molecular flexibility index (Phi) is 7.77. The molecule has 2 atom stereocenters. The summed E-state index contributed by atoms with van der Waals surface area (Å²) in [5.41, 5.74) is 1.19. The Morgan fingerprint density at radius 2 is 2.22 bits per heavy atom. The number of nitrogens with one attached hydrogen (secondary N) is 2. The standard InChI is InChI=1S/C19H32N4O3S/c1-15(9-11-27(4,24)25)22-19(20-2)21-13-16-8-10-23(14-16)17-6-5-7-18(12-17)26-3/h5-7,12,15-16H,8-11,13-14H2,1-4H3,(H2,20,21,22). The Morgan fingerprint density at radius 3 is 2.89 bits per heavy atom. The first-order valence-corrected chi connectivity index (χ1v) is 11.4. The van der Waals surface area contributed by atoms with Gasteiger partial charge in [-0.15, -0.1) is 0 Å². The van der Waals surface area contributed by atoms with Crippen molar-refractivity contribution in [3.63, 3.8) is 0 Å². The van der Waals surface area contributed by atoms with Gasteiger partial charge in [0.15, 0.2) is 5.96 Å². The minimum atomic E-state index is -2.94. The van der Waals surface area contributed by atoms with Gasteiger partial charge in [0.25, 0.3) is 0 Å². The van der Waals surface area contributed by atoms with Gasteiger partial charge in [0.1, 0.15) is 15.6 Å². The van der Waals surface area contributed by atoms with Crippen LogP contribution in [0.15, 0.2) is 29.3 Å². The van der Waals surface area contributed by atoms with Crippen LogP contribution in [0.5, 0.6) is 5.75 Å². The van der Waals surface area contributed by atoms with Crippen LogP contribution < -0.4 is 20.3 Å². The predicted octanol–water partition coefficient (Wildman–Crippen LogP) is 1.51. The SMILES string of the molecule is CN=C(NCC1CCN(c2cccc(OC)c2)C1)NC(C)CCS(C)(=O)=O. The highest BCUT2D eigenvalue weighted by atomic mass is 32.2. The maximum Gasteiger partial charge on any atom is 0.191 e. The molecule has 0 bridgehead atoms. The van der Waals surface area contributed by atoms with Crippen molar-refractivity contribution in [3.8, 4) is 5.75 Å². The summed E-state index contributed by atoms with van der Waals surface area (Å²) in [6.45, 7) is 4.81. The van der Waals surface area contributed by atoms with E-state index in [0.717, 1.165) is 37.8 Å². The quantitative estimate of drug-likeness (QED) is 0.512. The molecule has 7 nitrogen and oxygen atoms in total. The van der Waals surface area contributed by atoms with E-state index >= 15 is 0 Å². The summed E-state index contributed by atoms with van der Waals surface area (Å²) in [4.78, 5) is 6.62. The molecule has 1 saturated heterocycles. The van der Waals surface area contributed by atoms with Gasteiger partial charge in [-0.2, -0.15) is 0 Å². The summed E-state index contributed by atoms with van der Waals surface area (Å²) < 4.78 is 27.9. The van der Waals surface area contributed by atoms with Gasteiger partial charge in [-0.05, 0) is 37.8 Å². The zero-order valence-electron chi connectivity index (χ0n) is 16.7. The van der Waals surface area contributed by atoms with Gasteiger partial charge in [-0.3, -0.25) is 4.99 Å². The largest absolute Gasteiger partial charge is 0.497 e. The summed E-state index contributed by atoms with van der Waals surface area (Å²) in [6.07, 6.45) is 2.94. The second-order valence-electron chi connectivity index (χ2n) is 7.22. The van der Waals surface area contributed by atoms with Crippen LogP contribution in [-0.4, -0.2) is 66.2 Å². The molecule has 1 aliphatic rings. The van der Waals surface area contributed by atoms with Crippen molar-refractivity contribution in [3.05, 3.63) is 24.3 Å². The summed E-state index contributed by atoms with van der Waals surface area (Å²) in [5, 5.41) is 6.64. The number of methoxy groups -OCH3 is 1. The highest BCUT2D eigenvalue weighted by molar-refractivity contribution is 7.90. The second kappa shape index (κ2) is 9.82. The highest BCUT2D eigenvalue weighted by Crippen LogP contribution is 2.26. The molecule has 0 amide bonds. The molecule has 152 valence electrons. The van der Waals surface area contributed by atoms with Crippen LogP contribution in [0.2, 0.25) is 0 Å². The van der Waals surface area contributed by atoms with Crippen LogP contribution >= 0.6 is 0 Å². The molecule has 1 aliphatic heterocycles. The summed E-state index contributed by atoms with van der Waals surface area (Å²) in [7, 11) is 0.478. The maximum atomic E-state index is 11.3. The molecule has 1 heterocycles. The third-order valence-corrected chi connectivity index (χ3v) is 5.77. The number of benzene rings is 1. The molecule has 2 N–H and O–H groups in total. The van der Waals surface area contributed by atoms with Crippen molar-refractivity contribution in [2.75, 3.05) is 50.7 Å². The summed E-state index contributed by atoms with van der Waals surface area (Å²) >= 11 is 0. The highest BCUT2D eigenvalue weighted by Gasteiger charge is 2.23. The third-order valence-electron chi connectivity index (χ3n) is 4.79. The van der Waals surface area contributed by atoms with Gasteiger partial charge >= 0.3 is 0 Å². The van der Waals surface area contributed by atoms with Crippen molar-refractivity contribution in [2.45, 2.75) is 25.8 Å². The van der Waals surface area contributed by atoms with Gasteiger partial charge in [0.05, 0.1) is 12.9 Å². The minimum Gasteiger partial charge on any atom is -0.497 e. The summed E-state index contributed by atoms with van der Waals surface area (Å²) in [5.74, 6) is 2.30. The van der Waals surface area contributed by atoms with E-state index in [9.17, 15) is 8.42 Å². The molecule has 2 unspecified atom stereocenters. The average Bonchev–Trinajstić information content (AvgIpc) is 3.12. The number of sulfone groups is 1. The molecule has 0 saturated carbocycles. The van der Waals surface area contributed by atoms with Gasteiger partial charge < -0.3 is 20.3 Å². The number of ether oxygens (including phenoxy) is 1. The fraction of sp³-hybridized carbons (Fsp3) is 0.632. The minimum absolute atomic E-state index is 0.0442. The van der Waals surface area contributed by atoms with Crippen molar-refractivity contribution in [2.24, 2.45) is 10.9 Å². The van der Waals surface area contributed by atoms with E-state index in [1.165, 1.54) is 11.9 Å². The Balaban J connectivity index is 1.78. The Hall–Kier alpha value is -1.96. The zero-order valence-corrected chi connectivity index (χ0v) is 17.6. The first-order valence-electron chi connectivity index (χ1n) is 9.34. The number of rotatable bonds is 8. The second-order valence-corrected chi connectivity index (χ2v) is 9.48. The Morgan fingerprint density at radius 1 is 1.44 bits per heavy atom. The van der Waals surface area contributed by atoms with E-state index in [-0.39, 0.29) is 11.8 Å². The number of nitrogens with zero attached hydrogens (tertiary/aromatic N) is 2. The van der Waals surface area contributed by atoms with Gasteiger partial charge in [-0.1, -0.05) is 6.07 Å². The summed E-state index contributed by atoms with van der Waals surface area (Å²) in [6, 6.07) is 8.20. The van der Waals surface area contributed by atoms with E-state index < -0.39 is 9.84 Å². The third kappa shape index (κ3) is 7.28. The van der Waals surface area contributed by atoms with Crippen molar-refractivity contribution >= 4 is 21.5 Å². The average molecular weight is 397 g/mol. The number of hydrogen-bond acceptors (Lipinski definition) is 5. The molecule has 0 aliphatic carbocycles. The monoisotopic (exact) mass is 396 g/mol. The van der Waals surface area contributed by atoms with Crippen LogP contribution in [0, 0.1) is 5.92 Å². The number of aliphatic imine (C=N–C) groups is 1. The van der Waals surface area contributed by atoms with Crippen molar-refractivity contribution < 1.29 is 13.2 Å². The molecule has 27 heavy (non-hydrogen) atoms. The van der Waals surface area contributed by atoms with E-state index in [1.807, 2.05) is 19.1 Å². The molecule has 0 spiro atoms.